The molecule has 1 aliphatic carbocycles. The first-order valence-corrected chi connectivity index (χ1v) is 8.49. The smallest absolute Gasteiger partial charge is 0.338 e. The number of anilines is 1. The molecule has 126 valence electrons. The normalized spacial score (nSPS) is 20.1. The maximum Gasteiger partial charge on any atom is 0.338 e. The van der Waals surface area contributed by atoms with E-state index in [9.17, 15) is 4.79 Å². The number of carbonyl (C=O) groups excluding carboxylic acids is 1. The Morgan fingerprint density at radius 1 is 1.26 bits per heavy atom. The van der Waals surface area contributed by atoms with Gasteiger partial charge in [-0.25, -0.2) is 4.79 Å². The molecular formula is C19H27NO3. The van der Waals surface area contributed by atoms with Gasteiger partial charge in [0.1, 0.15) is 5.60 Å². The molecule has 2 fully saturated rings. The summed E-state index contributed by atoms with van der Waals surface area (Å²) in [6, 6.07) is 7.72. The van der Waals surface area contributed by atoms with Crippen LogP contribution in [-0.2, 0) is 4.74 Å². The lowest BCUT2D eigenvalue weighted by molar-refractivity contribution is 0.00677. The molecule has 4 nitrogen and oxygen atoms in total. The van der Waals surface area contributed by atoms with Gasteiger partial charge in [0.15, 0.2) is 0 Å². The summed E-state index contributed by atoms with van der Waals surface area (Å²) in [6.45, 7) is 8.14. The Balaban J connectivity index is 1.53. The molecule has 0 radical (unpaired) electrons. The van der Waals surface area contributed by atoms with E-state index in [0.717, 1.165) is 25.4 Å². The SMILES string of the molecule is CC(C)(C)OC(=O)c1ccc(N2CC3(CC(CCO)C3)C2)cc1. The number of ether oxygens (including phenoxy) is 1. The molecule has 0 unspecified atom stereocenters. The molecular weight excluding hydrogens is 290 g/mol. The summed E-state index contributed by atoms with van der Waals surface area (Å²) in [5, 5.41) is 8.99. The van der Waals surface area contributed by atoms with Crippen LogP contribution < -0.4 is 4.90 Å². The van der Waals surface area contributed by atoms with Crippen LogP contribution in [0, 0.1) is 11.3 Å². The summed E-state index contributed by atoms with van der Waals surface area (Å²) >= 11 is 0. The number of aliphatic hydroxyl groups is 1. The van der Waals surface area contributed by atoms with Crippen LogP contribution in [0.5, 0.6) is 0 Å². The lowest BCUT2D eigenvalue weighted by atomic mass is 9.57. The molecule has 0 aromatic heterocycles. The molecule has 1 saturated carbocycles. The van der Waals surface area contributed by atoms with Crippen LogP contribution in [0.15, 0.2) is 24.3 Å². The molecule has 4 heteroatoms. The summed E-state index contributed by atoms with van der Waals surface area (Å²) < 4.78 is 5.39. The van der Waals surface area contributed by atoms with Gasteiger partial charge in [-0.2, -0.15) is 0 Å². The highest BCUT2D eigenvalue weighted by atomic mass is 16.6. The first-order valence-electron chi connectivity index (χ1n) is 8.49. The van der Waals surface area contributed by atoms with Gasteiger partial charge in [-0.1, -0.05) is 0 Å². The van der Waals surface area contributed by atoms with Crippen LogP contribution in [0.4, 0.5) is 5.69 Å². The fourth-order valence-electron chi connectivity index (χ4n) is 3.90. The maximum atomic E-state index is 12.0. The lowest BCUT2D eigenvalue weighted by Gasteiger charge is -2.60. The van der Waals surface area contributed by atoms with Crippen molar-refractivity contribution in [3.05, 3.63) is 29.8 Å². The quantitative estimate of drug-likeness (QED) is 0.866. The van der Waals surface area contributed by atoms with Gasteiger partial charge in [0.2, 0.25) is 0 Å². The highest BCUT2D eigenvalue weighted by Gasteiger charge is 2.51. The fourth-order valence-corrected chi connectivity index (χ4v) is 3.90. The third-order valence-corrected chi connectivity index (χ3v) is 4.90. The van der Waals surface area contributed by atoms with Crippen LogP contribution >= 0.6 is 0 Å². The molecule has 0 amide bonds. The van der Waals surface area contributed by atoms with Gasteiger partial charge >= 0.3 is 5.97 Å². The van der Waals surface area contributed by atoms with Crippen molar-refractivity contribution in [2.75, 3.05) is 24.6 Å². The van der Waals surface area contributed by atoms with E-state index in [2.05, 4.69) is 4.90 Å². The zero-order valence-electron chi connectivity index (χ0n) is 14.3. The van der Waals surface area contributed by atoms with Crippen LogP contribution in [0.3, 0.4) is 0 Å². The third kappa shape index (κ3) is 3.52. The third-order valence-electron chi connectivity index (χ3n) is 4.90. The van der Waals surface area contributed by atoms with E-state index in [1.54, 1.807) is 0 Å². The Morgan fingerprint density at radius 2 is 1.87 bits per heavy atom. The van der Waals surface area contributed by atoms with Gasteiger partial charge in [-0.3, -0.25) is 0 Å². The number of hydrogen-bond acceptors (Lipinski definition) is 4. The van der Waals surface area contributed by atoms with E-state index in [0.29, 0.717) is 17.6 Å². The Kier molecular flexibility index (Phi) is 4.13. The van der Waals surface area contributed by atoms with E-state index in [1.807, 2.05) is 45.0 Å². The summed E-state index contributed by atoms with van der Waals surface area (Å²) in [7, 11) is 0. The van der Waals surface area contributed by atoms with Crippen molar-refractivity contribution in [1.29, 1.82) is 0 Å². The standard InChI is InChI=1S/C19H27NO3/c1-18(2,3)23-17(22)15-4-6-16(7-5-15)20-12-19(13-20)10-14(11-19)8-9-21/h4-7,14,21H,8-13H2,1-3H3. The van der Waals surface area contributed by atoms with Gasteiger partial charge in [-0.05, 0) is 70.2 Å². The highest BCUT2D eigenvalue weighted by Crippen LogP contribution is 2.53. The minimum Gasteiger partial charge on any atom is -0.456 e. The number of rotatable bonds is 4. The first-order chi connectivity index (χ1) is 10.8. The zero-order chi connectivity index (χ0) is 16.7. The van der Waals surface area contributed by atoms with Crippen molar-refractivity contribution >= 4 is 11.7 Å². The van der Waals surface area contributed by atoms with Crippen LogP contribution in [0.25, 0.3) is 0 Å². The predicted molar refractivity (Wildman–Crippen MR) is 90.7 cm³/mol. The number of hydrogen-bond donors (Lipinski definition) is 1. The monoisotopic (exact) mass is 317 g/mol. The Bertz CT molecular complexity index is 559. The molecule has 1 aromatic rings. The lowest BCUT2D eigenvalue weighted by Crippen LogP contribution is -2.62. The molecule has 1 heterocycles. The molecule has 0 bridgehead atoms. The van der Waals surface area contributed by atoms with E-state index < -0.39 is 5.60 Å². The number of aliphatic hydroxyl groups excluding tert-OH is 1. The summed E-state index contributed by atoms with van der Waals surface area (Å²) in [4.78, 5) is 14.4. The Hall–Kier alpha value is -1.55. The van der Waals surface area contributed by atoms with Gasteiger partial charge < -0.3 is 14.7 Å². The summed E-state index contributed by atoms with van der Waals surface area (Å²) in [5.41, 5.74) is 1.80. The van der Waals surface area contributed by atoms with Crippen LogP contribution in [0.1, 0.15) is 50.4 Å². The van der Waals surface area contributed by atoms with E-state index in [1.165, 1.54) is 18.5 Å². The molecule has 1 aliphatic heterocycles. The van der Waals surface area contributed by atoms with Gasteiger partial charge in [0, 0.05) is 30.8 Å². The van der Waals surface area contributed by atoms with E-state index in [4.69, 9.17) is 9.84 Å². The Labute approximate surface area is 138 Å². The van der Waals surface area contributed by atoms with E-state index in [-0.39, 0.29) is 5.97 Å². The van der Waals surface area contributed by atoms with Crippen LogP contribution in [-0.4, -0.2) is 36.4 Å². The van der Waals surface area contributed by atoms with Crippen LogP contribution in [0.2, 0.25) is 0 Å². The first kappa shape index (κ1) is 16.3. The Morgan fingerprint density at radius 3 is 2.39 bits per heavy atom. The van der Waals surface area contributed by atoms with Gasteiger partial charge in [0.05, 0.1) is 5.56 Å². The molecule has 0 atom stereocenters. The number of esters is 1. The largest absolute Gasteiger partial charge is 0.456 e. The summed E-state index contributed by atoms with van der Waals surface area (Å²) in [6.07, 6.45) is 3.45. The summed E-state index contributed by atoms with van der Waals surface area (Å²) in [5.74, 6) is 0.451. The minimum absolute atomic E-state index is 0.269. The average Bonchev–Trinajstić information content (AvgIpc) is 2.38. The van der Waals surface area contributed by atoms with Crippen molar-refractivity contribution in [3.63, 3.8) is 0 Å². The molecule has 23 heavy (non-hydrogen) atoms. The molecule has 1 saturated heterocycles. The number of nitrogens with zero attached hydrogens (tertiary/aromatic N) is 1. The predicted octanol–water partition coefficient (Wildman–Crippen LogP) is 3.24. The highest BCUT2D eigenvalue weighted by molar-refractivity contribution is 5.90. The fraction of sp³-hybridized carbons (Fsp3) is 0.632. The minimum atomic E-state index is -0.463. The van der Waals surface area contributed by atoms with Gasteiger partial charge in [-0.15, -0.1) is 0 Å². The molecule has 1 N–H and O–H groups in total. The van der Waals surface area contributed by atoms with Crippen molar-refractivity contribution in [2.45, 2.75) is 45.6 Å². The maximum absolute atomic E-state index is 12.0. The van der Waals surface area contributed by atoms with Crippen molar-refractivity contribution in [1.82, 2.24) is 0 Å². The molecule has 1 aromatic carbocycles. The second kappa shape index (κ2) is 5.82. The topological polar surface area (TPSA) is 49.8 Å². The molecule has 1 spiro atoms. The van der Waals surface area contributed by atoms with Gasteiger partial charge in [0.25, 0.3) is 0 Å². The second-order valence-electron chi connectivity index (χ2n) is 8.19. The average molecular weight is 317 g/mol. The van der Waals surface area contributed by atoms with Crippen molar-refractivity contribution in [3.8, 4) is 0 Å². The number of benzene rings is 1. The molecule has 3 rings (SSSR count). The zero-order valence-corrected chi connectivity index (χ0v) is 14.3. The van der Waals surface area contributed by atoms with E-state index >= 15 is 0 Å². The van der Waals surface area contributed by atoms with Crippen molar-refractivity contribution < 1.29 is 14.6 Å². The van der Waals surface area contributed by atoms with Crippen molar-refractivity contribution in [2.24, 2.45) is 11.3 Å². The second-order valence-corrected chi connectivity index (χ2v) is 8.19. The molecule has 2 aliphatic rings. The number of carbonyl (C=O) groups is 1.